The Balaban J connectivity index is 2.04. The van der Waals surface area contributed by atoms with E-state index in [-0.39, 0.29) is 6.61 Å². The summed E-state index contributed by atoms with van der Waals surface area (Å²) in [7, 11) is 2.05. The summed E-state index contributed by atoms with van der Waals surface area (Å²) < 4.78 is 2.12. The molecule has 0 aliphatic carbocycles. The lowest BCUT2D eigenvalue weighted by Gasteiger charge is -2.12. The van der Waals surface area contributed by atoms with Crippen LogP contribution in [0.2, 0.25) is 0 Å². The number of hydrogen-bond acceptors (Lipinski definition) is 2. The van der Waals surface area contributed by atoms with Crippen molar-refractivity contribution in [3.05, 3.63) is 30.5 Å². The second-order valence-corrected chi connectivity index (χ2v) is 4.70. The van der Waals surface area contributed by atoms with Gasteiger partial charge in [0.2, 0.25) is 0 Å². The number of benzene rings is 1. The molecule has 1 aromatic carbocycles. The highest BCUT2D eigenvalue weighted by molar-refractivity contribution is 5.83. The number of fused-ring (bicyclic) bond motifs is 1. The molecule has 0 spiro atoms. The number of nitrogens with zero attached hydrogens (tertiary/aromatic N) is 1. The van der Waals surface area contributed by atoms with Crippen LogP contribution in [-0.2, 0) is 7.05 Å². The number of aromatic nitrogens is 1. The first-order valence-corrected chi connectivity index (χ1v) is 6.10. The molecule has 1 atom stereocenters. The van der Waals surface area contributed by atoms with E-state index in [1.165, 1.54) is 10.9 Å². The molecule has 1 unspecified atom stereocenters. The van der Waals surface area contributed by atoms with Gasteiger partial charge in [-0.2, -0.15) is 0 Å². The van der Waals surface area contributed by atoms with Crippen LogP contribution >= 0.6 is 0 Å². The first kappa shape index (κ1) is 12.0. The predicted octanol–water partition coefficient (Wildman–Crippen LogP) is 2.61. The van der Waals surface area contributed by atoms with Gasteiger partial charge in [0.15, 0.2) is 0 Å². The van der Waals surface area contributed by atoms with E-state index in [9.17, 15) is 0 Å². The number of hydrogen-bond donors (Lipinski definition) is 2. The molecule has 17 heavy (non-hydrogen) atoms. The molecule has 0 aliphatic heterocycles. The lowest BCUT2D eigenvalue weighted by atomic mass is 10.1. The molecule has 0 fully saturated rings. The standard InChI is InChI=1S/C14H20N2O/c1-11(6-8-17)10-15-13-3-4-14-12(9-13)5-7-16(14)2/h3-5,7,9,11,15,17H,6,8,10H2,1-2H3. The quantitative estimate of drug-likeness (QED) is 0.831. The van der Waals surface area contributed by atoms with Crippen LogP contribution in [0.5, 0.6) is 0 Å². The minimum absolute atomic E-state index is 0.264. The Bertz CT molecular complexity index is 490. The van der Waals surface area contributed by atoms with Crippen LogP contribution in [0.15, 0.2) is 30.5 Å². The summed E-state index contributed by atoms with van der Waals surface area (Å²) in [6, 6.07) is 8.53. The lowest BCUT2D eigenvalue weighted by Crippen LogP contribution is -2.12. The molecule has 0 amide bonds. The SMILES string of the molecule is CC(CCO)CNc1ccc2c(ccn2C)c1. The largest absolute Gasteiger partial charge is 0.396 e. The van der Waals surface area contributed by atoms with E-state index in [1.807, 2.05) is 0 Å². The highest BCUT2D eigenvalue weighted by atomic mass is 16.3. The Morgan fingerprint density at radius 2 is 2.18 bits per heavy atom. The molecule has 0 bridgehead atoms. The van der Waals surface area contributed by atoms with E-state index in [1.54, 1.807) is 0 Å². The number of aliphatic hydroxyl groups excluding tert-OH is 1. The minimum atomic E-state index is 0.264. The molecule has 3 nitrogen and oxygen atoms in total. The van der Waals surface area contributed by atoms with Gasteiger partial charge in [-0.25, -0.2) is 0 Å². The van der Waals surface area contributed by atoms with Gasteiger partial charge in [-0.15, -0.1) is 0 Å². The highest BCUT2D eigenvalue weighted by Crippen LogP contribution is 2.20. The maximum atomic E-state index is 8.85. The molecular weight excluding hydrogens is 212 g/mol. The van der Waals surface area contributed by atoms with Crippen LogP contribution in [0, 0.1) is 5.92 Å². The van der Waals surface area contributed by atoms with Crippen molar-refractivity contribution in [2.45, 2.75) is 13.3 Å². The van der Waals surface area contributed by atoms with Crippen molar-refractivity contribution < 1.29 is 5.11 Å². The molecule has 0 aliphatic rings. The zero-order chi connectivity index (χ0) is 12.3. The third-order valence-electron chi connectivity index (χ3n) is 3.16. The fraction of sp³-hybridized carbons (Fsp3) is 0.429. The van der Waals surface area contributed by atoms with Crippen molar-refractivity contribution in [1.82, 2.24) is 4.57 Å². The van der Waals surface area contributed by atoms with Gasteiger partial charge in [-0.05, 0) is 36.6 Å². The second-order valence-electron chi connectivity index (χ2n) is 4.70. The molecule has 0 radical (unpaired) electrons. The summed E-state index contributed by atoms with van der Waals surface area (Å²) in [4.78, 5) is 0. The van der Waals surface area contributed by atoms with Crippen molar-refractivity contribution in [2.75, 3.05) is 18.5 Å². The number of anilines is 1. The van der Waals surface area contributed by atoms with Crippen LogP contribution in [0.3, 0.4) is 0 Å². The summed E-state index contributed by atoms with van der Waals surface area (Å²) in [5.74, 6) is 0.492. The van der Waals surface area contributed by atoms with E-state index in [0.717, 1.165) is 18.7 Å². The topological polar surface area (TPSA) is 37.2 Å². The van der Waals surface area contributed by atoms with Crippen molar-refractivity contribution in [1.29, 1.82) is 0 Å². The molecule has 2 rings (SSSR count). The monoisotopic (exact) mass is 232 g/mol. The maximum Gasteiger partial charge on any atom is 0.0479 e. The van der Waals surface area contributed by atoms with Gasteiger partial charge in [-0.1, -0.05) is 6.92 Å². The van der Waals surface area contributed by atoms with Crippen LogP contribution in [0.25, 0.3) is 10.9 Å². The van der Waals surface area contributed by atoms with Crippen LogP contribution in [-0.4, -0.2) is 22.8 Å². The molecule has 2 N–H and O–H groups in total. The Labute approximate surface area is 102 Å². The minimum Gasteiger partial charge on any atom is -0.396 e. The van der Waals surface area contributed by atoms with Gasteiger partial charge in [-0.3, -0.25) is 0 Å². The first-order valence-electron chi connectivity index (χ1n) is 6.10. The van der Waals surface area contributed by atoms with Gasteiger partial charge in [0.1, 0.15) is 0 Å². The normalized spacial score (nSPS) is 12.9. The Kier molecular flexibility index (Phi) is 3.69. The fourth-order valence-electron chi connectivity index (χ4n) is 2.01. The van der Waals surface area contributed by atoms with Gasteiger partial charge >= 0.3 is 0 Å². The van der Waals surface area contributed by atoms with Crippen LogP contribution in [0.4, 0.5) is 5.69 Å². The molecule has 2 aromatic rings. The molecule has 0 saturated heterocycles. The summed E-state index contributed by atoms with van der Waals surface area (Å²) in [5, 5.41) is 13.5. The number of rotatable bonds is 5. The summed E-state index contributed by atoms with van der Waals surface area (Å²) in [5.41, 5.74) is 2.40. The van der Waals surface area contributed by atoms with Crippen molar-refractivity contribution in [3.63, 3.8) is 0 Å². The van der Waals surface area contributed by atoms with Gasteiger partial charge in [0.25, 0.3) is 0 Å². The van der Waals surface area contributed by atoms with E-state index in [2.05, 4.69) is 54.3 Å². The van der Waals surface area contributed by atoms with Crippen molar-refractivity contribution >= 4 is 16.6 Å². The molecule has 92 valence electrons. The number of aryl methyl sites for hydroxylation is 1. The Hall–Kier alpha value is -1.48. The van der Waals surface area contributed by atoms with Crippen LogP contribution < -0.4 is 5.32 Å². The third-order valence-corrected chi connectivity index (χ3v) is 3.16. The highest BCUT2D eigenvalue weighted by Gasteiger charge is 2.02. The Morgan fingerprint density at radius 3 is 2.94 bits per heavy atom. The van der Waals surface area contributed by atoms with Crippen molar-refractivity contribution in [2.24, 2.45) is 13.0 Å². The third kappa shape index (κ3) is 2.80. The average Bonchev–Trinajstić information content (AvgIpc) is 2.69. The molecule has 1 heterocycles. The zero-order valence-corrected chi connectivity index (χ0v) is 10.5. The van der Waals surface area contributed by atoms with Crippen LogP contribution in [0.1, 0.15) is 13.3 Å². The lowest BCUT2D eigenvalue weighted by molar-refractivity contribution is 0.266. The number of aliphatic hydroxyl groups is 1. The molecule has 0 saturated carbocycles. The van der Waals surface area contributed by atoms with Crippen molar-refractivity contribution in [3.8, 4) is 0 Å². The van der Waals surface area contributed by atoms with Gasteiger partial charge in [0.05, 0.1) is 0 Å². The van der Waals surface area contributed by atoms with Gasteiger partial charge < -0.3 is 15.0 Å². The maximum absolute atomic E-state index is 8.85. The number of nitrogens with one attached hydrogen (secondary N) is 1. The fourth-order valence-corrected chi connectivity index (χ4v) is 2.01. The van der Waals surface area contributed by atoms with E-state index in [4.69, 9.17) is 5.11 Å². The van der Waals surface area contributed by atoms with E-state index >= 15 is 0 Å². The smallest absolute Gasteiger partial charge is 0.0479 e. The van der Waals surface area contributed by atoms with Gasteiger partial charge in [0, 0.05) is 43.0 Å². The van der Waals surface area contributed by atoms with E-state index in [0.29, 0.717) is 5.92 Å². The summed E-state index contributed by atoms with van der Waals surface area (Å²) in [6.07, 6.45) is 2.92. The molecular formula is C14H20N2O. The first-order chi connectivity index (χ1) is 8.20. The Morgan fingerprint density at radius 1 is 1.35 bits per heavy atom. The second kappa shape index (κ2) is 5.23. The molecule has 1 aromatic heterocycles. The summed E-state index contributed by atoms with van der Waals surface area (Å²) in [6.45, 7) is 3.31. The average molecular weight is 232 g/mol. The summed E-state index contributed by atoms with van der Waals surface area (Å²) >= 11 is 0. The molecule has 3 heteroatoms. The predicted molar refractivity (Wildman–Crippen MR) is 72.3 cm³/mol. The van der Waals surface area contributed by atoms with E-state index < -0.39 is 0 Å². The zero-order valence-electron chi connectivity index (χ0n) is 10.5.